The number of benzene rings is 1. The van der Waals surface area contributed by atoms with Gasteiger partial charge in [-0.15, -0.1) is 0 Å². The van der Waals surface area contributed by atoms with Crippen molar-refractivity contribution < 1.29 is 13.9 Å². The van der Waals surface area contributed by atoms with Crippen LogP contribution < -0.4 is 0 Å². The molecule has 18 heavy (non-hydrogen) atoms. The maximum absolute atomic E-state index is 13.9. The van der Waals surface area contributed by atoms with Gasteiger partial charge in [-0.2, -0.15) is 0 Å². The zero-order valence-corrected chi connectivity index (χ0v) is 10.9. The molecule has 2 rings (SSSR count). The standard InChI is InChI=1S/C15H20F2O/c1-9-3-6-11(7-4-9)15(18)13-12(16)8-5-10(2)14(13)17/h5,8-9,11,15,18H,3-4,6-7H2,1-2H3. The number of hydrogen-bond acceptors (Lipinski definition) is 1. The number of aliphatic hydroxyl groups excluding tert-OH is 1. The second-order valence-electron chi connectivity index (χ2n) is 5.56. The van der Waals surface area contributed by atoms with Crippen molar-refractivity contribution in [3.8, 4) is 0 Å². The first-order valence-electron chi connectivity index (χ1n) is 6.63. The van der Waals surface area contributed by atoms with E-state index in [9.17, 15) is 13.9 Å². The van der Waals surface area contributed by atoms with E-state index in [1.165, 1.54) is 12.1 Å². The van der Waals surface area contributed by atoms with Crippen LogP contribution in [0.1, 0.15) is 49.8 Å². The van der Waals surface area contributed by atoms with E-state index in [2.05, 4.69) is 6.92 Å². The number of aliphatic hydroxyl groups is 1. The van der Waals surface area contributed by atoms with Crippen molar-refractivity contribution in [1.29, 1.82) is 0 Å². The molecule has 0 heterocycles. The number of halogens is 2. The summed E-state index contributed by atoms with van der Waals surface area (Å²) in [6.45, 7) is 3.77. The van der Waals surface area contributed by atoms with Crippen LogP contribution >= 0.6 is 0 Å². The number of aryl methyl sites for hydroxylation is 1. The lowest BCUT2D eigenvalue weighted by atomic mass is 9.78. The molecule has 0 saturated heterocycles. The number of hydrogen-bond donors (Lipinski definition) is 1. The molecule has 0 aromatic heterocycles. The highest BCUT2D eigenvalue weighted by molar-refractivity contribution is 5.28. The predicted molar refractivity (Wildman–Crippen MR) is 67.2 cm³/mol. The van der Waals surface area contributed by atoms with Crippen molar-refractivity contribution in [1.82, 2.24) is 0 Å². The van der Waals surface area contributed by atoms with E-state index in [-0.39, 0.29) is 11.5 Å². The molecule has 0 amide bonds. The fourth-order valence-corrected chi connectivity index (χ4v) is 2.79. The molecule has 1 aromatic carbocycles. The third-order valence-corrected chi connectivity index (χ3v) is 4.12. The van der Waals surface area contributed by atoms with E-state index in [4.69, 9.17) is 0 Å². The van der Waals surface area contributed by atoms with Gasteiger partial charge in [0.15, 0.2) is 0 Å². The summed E-state index contributed by atoms with van der Waals surface area (Å²) in [5.74, 6) is -0.599. The Bertz CT molecular complexity index is 423. The largest absolute Gasteiger partial charge is 0.388 e. The minimum Gasteiger partial charge on any atom is -0.388 e. The summed E-state index contributed by atoms with van der Waals surface area (Å²) < 4.78 is 27.7. The van der Waals surface area contributed by atoms with Gasteiger partial charge in [0.1, 0.15) is 11.6 Å². The second kappa shape index (κ2) is 5.35. The van der Waals surface area contributed by atoms with E-state index in [0.717, 1.165) is 25.7 Å². The molecule has 1 nitrogen and oxygen atoms in total. The summed E-state index contributed by atoms with van der Waals surface area (Å²) in [4.78, 5) is 0. The van der Waals surface area contributed by atoms with Gasteiger partial charge in [-0.1, -0.05) is 25.8 Å². The van der Waals surface area contributed by atoms with Crippen LogP contribution in [0.2, 0.25) is 0 Å². The molecule has 3 heteroatoms. The quantitative estimate of drug-likeness (QED) is 0.841. The van der Waals surface area contributed by atoms with Crippen molar-refractivity contribution in [3.05, 3.63) is 34.9 Å². The van der Waals surface area contributed by atoms with Gasteiger partial charge >= 0.3 is 0 Å². The van der Waals surface area contributed by atoms with E-state index in [1.807, 2.05) is 0 Å². The Morgan fingerprint density at radius 2 is 1.78 bits per heavy atom. The van der Waals surface area contributed by atoms with E-state index >= 15 is 0 Å². The summed E-state index contributed by atoms with van der Waals surface area (Å²) in [6, 6.07) is 2.65. The van der Waals surface area contributed by atoms with Crippen molar-refractivity contribution in [3.63, 3.8) is 0 Å². The first-order valence-corrected chi connectivity index (χ1v) is 6.63. The smallest absolute Gasteiger partial charge is 0.134 e. The Hall–Kier alpha value is -0.960. The fraction of sp³-hybridized carbons (Fsp3) is 0.600. The van der Waals surface area contributed by atoms with Crippen molar-refractivity contribution in [2.75, 3.05) is 0 Å². The van der Waals surface area contributed by atoms with Gasteiger partial charge in [-0.3, -0.25) is 0 Å². The topological polar surface area (TPSA) is 20.2 Å². The maximum Gasteiger partial charge on any atom is 0.134 e. The highest BCUT2D eigenvalue weighted by Gasteiger charge is 2.29. The monoisotopic (exact) mass is 254 g/mol. The van der Waals surface area contributed by atoms with Crippen LogP contribution in [0, 0.1) is 30.4 Å². The predicted octanol–water partition coefficient (Wildman–Crippen LogP) is 4.13. The van der Waals surface area contributed by atoms with Gasteiger partial charge < -0.3 is 5.11 Å². The third kappa shape index (κ3) is 2.56. The lowest BCUT2D eigenvalue weighted by molar-refractivity contribution is 0.0693. The van der Waals surface area contributed by atoms with E-state index < -0.39 is 17.7 Å². The molecule has 0 aliphatic heterocycles. The summed E-state index contributed by atoms with van der Waals surface area (Å²) in [7, 11) is 0. The van der Waals surface area contributed by atoms with Crippen LogP contribution in [0.5, 0.6) is 0 Å². The van der Waals surface area contributed by atoms with Gasteiger partial charge in [-0.25, -0.2) is 8.78 Å². The molecule has 1 aliphatic rings. The molecule has 1 N–H and O–H groups in total. The Labute approximate surface area is 107 Å². The van der Waals surface area contributed by atoms with Gasteiger partial charge in [-0.05, 0) is 43.2 Å². The Kier molecular flexibility index (Phi) is 4.00. The van der Waals surface area contributed by atoms with Crippen molar-refractivity contribution in [2.24, 2.45) is 11.8 Å². The first kappa shape index (κ1) is 13.5. The minimum absolute atomic E-state index is 0.0213. The minimum atomic E-state index is -1.02. The lowest BCUT2D eigenvalue weighted by Gasteiger charge is -2.30. The van der Waals surface area contributed by atoms with Crippen LogP contribution in [0.25, 0.3) is 0 Å². The highest BCUT2D eigenvalue weighted by atomic mass is 19.1. The Balaban J connectivity index is 2.23. The molecular formula is C15H20F2O. The van der Waals surface area contributed by atoms with Crippen molar-refractivity contribution >= 4 is 0 Å². The third-order valence-electron chi connectivity index (χ3n) is 4.12. The summed E-state index contributed by atoms with van der Waals surface area (Å²) in [5.41, 5.74) is 0.240. The molecule has 1 aromatic rings. The summed E-state index contributed by atoms with van der Waals surface area (Å²) in [6.07, 6.45) is 2.72. The molecule has 1 saturated carbocycles. The molecule has 1 unspecified atom stereocenters. The Morgan fingerprint density at radius 1 is 1.17 bits per heavy atom. The molecule has 0 spiro atoms. The maximum atomic E-state index is 13.9. The summed E-state index contributed by atoms with van der Waals surface area (Å²) in [5, 5.41) is 10.2. The molecule has 0 bridgehead atoms. The molecule has 1 fully saturated rings. The van der Waals surface area contributed by atoms with Crippen LogP contribution in [-0.4, -0.2) is 5.11 Å². The molecule has 0 radical (unpaired) electrons. The second-order valence-corrected chi connectivity index (χ2v) is 5.56. The van der Waals surface area contributed by atoms with E-state index in [0.29, 0.717) is 11.5 Å². The van der Waals surface area contributed by atoms with Gasteiger partial charge in [0, 0.05) is 0 Å². The van der Waals surface area contributed by atoms with E-state index in [1.54, 1.807) is 6.92 Å². The van der Waals surface area contributed by atoms with Gasteiger partial charge in [0.2, 0.25) is 0 Å². The lowest BCUT2D eigenvalue weighted by Crippen LogP contribution is -2.21. The average Bonchev–Trinajstić information content (AvgIpc) is 2.35. The molecule has 1 aliphatic carbocycles. The Morgan fingerprint density at radius 3 is 2.39 bits per heavy atom. The van der Waals surface area contributed by atoms with Crippen LogP contribution in [0.15, 0.2) is 12.1 Å². The molecular weight excluding hydrogens is 234 g/mol. The SMILES string of the molecule is Cc1ccc(F)c(C(O)C2CCC(C)CC2)c1F. The first-order chi connectivity index (χ1) is 8.50. The van der Waals surface area contributed by atoms with Crippen LogP contribution in [0.3, 0.4) is 0 Å². The summed E-state index contributed by atoms with van der Waals surface area (Å²) >= 11 is 0. The fourth-order valence-electron chi connectivity index (χ4n) is 2.79. The average molecular weight is 254 g/mol. The van der Waals surface area contributed by atoms with Gasteiger partial charge in [0.05, 0.1) is 11.7 Å². The molecule has 1 atom stereocenters. The zero-order chi connectivity index (χ0) is 13.3. The van der Waals surface area contributed by atoms with Crippen LogP contribution in [0.4, 0.5) is 8.78 Å². The zero-order valence-electron chi connectivity index (χ0n) is 10.9. The van der Waals surface area contributed by atoms with Gasteiger partial charge in [0.25, 0.3) is 0 Å². The number of rotatable bonds is 2. The van der Waals surface area contributed by atoms with Crippen LogP contribution in [-0.2, 0) is 0 Å². The molecule has 100 valence electrons. The normalized spacial score (nSPS) is 26.1. The highest BCUT2D eigenvalue weighted by Crippen LogP contribution is 2.38. The van der Waals surface area contributed by atoms with Crippen molar-refractivity contribution in [2.45, 2.75) is 45.6 Å².